The van der Waals surface area contributed by atoms with Gasteiger partial charge in [0, 0.05) is 17.5 Å². The van der Waals surface area contributed by atoms with E-state index in [0.29, 0.717) is 6.42 Å². The number of thiophene rings is 2. The summed E-state index contributed by atoms with van der Waals surface area (Å²) in [6.07, 6.45) is 4.77. The van der Waals surface area contributed by atoms with Gasteiger partial charge in [0.05, 0.1) is 17.3 Å². The highest BCUT2D eigenvalue weighted by Gasteiger charge is 2.29. The first-order chi connectivity index (χ1) is 12.3. The highest BCUT2D eigenvalue weighted by atomic mass is 32.1. The van der Waals surface area contributed by atoms with E-state index in [9.17, 15) is 4.79 Å². The van der Waals surface area contributed by atoms with E-state index in [0.717, 1.165) is 53.4 Å². The molecule has 4 rings (SSSR count). The van der Waals surface area contributed by atoms with Gasteiger partial charge in [-0.15, -0.1) is 22.7 Å². The van der Waals surface area contributed by atoms with Crippen LogP contribution in [0.2, 0.25) is 0 Å². The number of carbonyl (C=O) groups is 1. The van der Waals surface area contributed by atoms with Crippen molar-refractivity contribution in [1.82, 2.24) is 10.1 Å². The van der Waals surface area contributed by atoms with Gasteiger partial charge in [-0.3, -0.25) is 4.79 Å². The second kappa shape index (κ2) is 7.54. The summed E-state index contributed by atoms with van der Waals surface area (Å²) in [5, 5.41) is 8.36. The standard InChI is InChI=1S/C19H20N2O2S2/c22-19(12-14-6-4-10-24-14)21-9-3-1-2-7-16(21)15-13-17(23-20-15)18-8-5-11-25-18/h4-6,8,10-11,13,16H,1-3,7,9,12H2. The van der Waals surface area contributed by atoms with Crippen LogP contribution in [0.4, 0.5) is 0 Å². The highest BCUT2D eigenvalue weighted by Crippen LogP contribution is 2.33. The molecule has 0 radical (unpaired) electrons. The fourth-order valence-electron chi connectivity index (χ4n) is 3.36. The molecule has 1 fully saturated rings. The molecule has 0 aliphatic carbocycles. The third-order valence-electron chi connectivity index (χ3n) is 4.61. The minimum atomic E-state index is 0.0208. The van der Waals surface area contributed by atoms with Gasteiger partial charge in [0.25, 0.3) is 0 Å². The van der Waals surface area contributed by atoms with Crippen molar-refractivity contribution in [1.29, 1.82) is 0 Å². The molecule has 1 aliphatic rings. The highest BCUT2D eigenvalue weighted by molar-refractivity contribution is 7.13. The fourth-order valence-corrected chi connectivity index (χ4v) is 4.73. The van der Waals surface area contributed by atoms with E-state index in [1.165, 1.54) is 0 Å². The molecule has 1 amide bonds. The summed E-state index contributed by atoms with van der Waals surface area (Å²) in [5.41, 5.74) is 0.879. The van der Waals surface area contributed by atoms with E-state index in [2.05, 4.69) is 5.16 Å². The van der Waals surface area contributed by atoms with Gasteiger partial charge in [0.1, 0.15) is 5.69 Å². The number of aromatic nitrogens is 1. The number of amides is 1. The zero-order valence-electron chi connectivity index (χ0n) is 13.9. The van der Waals surface area contributed by atoms with Crippen LogP contribution in [0.25, 0.3) is 10.6 Å². The van der Waals surface area contributed by atoms with Crippen molar-refractivity contribution >= 4 is 28.6 Å². The first-order valence-corrected chi connectivity index (χ1v) is 10.4. The van der Waals surface area contributed by atoms with Crippen LogP contribution in [0.3, 0.4) is 0 Å². The van der Waals surface area contributed by atoms with Crippen LogP contribution in [0, 0.1) is 0 Å². The van der Waals surface area contributed by atoms with Crippen LogP contribution in [-0.2, 0) is 11.2 Å². The summed E-state index contributed by atoms with van der Waals surface area (Å²) < 4.78 is 5.56. The zero-order valence-corrected chi connectivity index (χ0v) is 15.5. The van der Waals surface area contributed by atoms with E-state index in [4.69, 9.17) is 4.52 Å². The Labute approximate surface area is 155 Å². The molecule has 3 aromatic heterocycles. The van der Waals surface area contributed by atoms with Crippen molar-refractivity contribution in [2.45, 2.75) is 38.1 Å². The number of hydrogen-bond acceptors (Lipinski definition) is 5. The molecular formula is C19H20N2O2S2. The molecule has 6 heteroatoms. The Morgan fingerprint density at radius 3 is 2.88 bits per heavy atom. The lowest BCUT2D eigenvalue weighted by atomic mass is 10.1. The first kappa shape index (κ1) is 16.5. The summed E-state index contributed by atoms with van der Waals surface area (Å²) in [5.74, 6) is 0.981. The molecule has 4 heterocycles. The number of nitrogens with zero attached hydrogens (tertiary/aromatic N) is 2. The van der Waals surface area contributed by atoms with E-state index in [-0.39, 0.29) is 11.9 Å². The Morgan fingerprint density at radius 2 is 2.08 bits per heavy atom. The number of likely N-dealkylation sites (tertiary alicyclic amines) is 1. The topological polar surface area (TPSA) is 46.3 Å². The van der Waals surface area contributed by atoms with Crippen LogP contribution < -0.4 is 0 Å². The lowest BCUT2D eigenvalue weighted by Gasteiger charge is -2.28. The molecule has 0 N–H and O–H groups in total. The summed E-state index contributed by atoms with van der Waals surface area (Å²) >= 11 is 3.28. The van der Waals surface area contributed by atoms with Crippen LogP contribution in [-0.4, -0.2) is 22.5 Å². The van der Waals surface area contributed by atoms with Crippen LogP contribution >= 0.6 is 22.7 Å². The molecule has 0 aromatic carbocycles. The quantitative estimate of drug-likeness (QED) is 0.636. The molecule has 0 saturated carbocycles. The van der Waals surface area contributed by atoms with Crippen molar-refractivity contribution in [2.75, 3.05) is 6.54 Å². The number of hydrogen-bond donors (Lipinski definition) is 0. The van der Waals surface area contributed by atoms with E-state index in [1.807, 2.05) is 46.0 Å². The molecule has 3 aromatic rings. The Kier molecular flexibility index (Phi) is 4.99. The molecule has 130 valence electrons. The first-order valence-electron chi connectivity index (χ1n) is 8.63. The van der Waals surface area contributed by atoms with Crippen LogP contribution in [0.1, 0.15) is 42.3 Å². The van der Waals surface area contributed by atoms with Gasteiger partial charge in [-0.2, -0.15) is 0 Å². The largest absolute Gasteiger partial charge is 0.355 e. The van der Waals surface area contributed by atoms with Gasteiger partial charge >= 0.3 is 0 Å². The van der Waals surface area contributed by atoms with Crippen molar-refractivity contribution in [3.8, 4) is 10.6 Å². The molecule has 1 atom stereocenters. The smallest absolute Gasteiger partial charge is 0.228 e. The van der Waals surface area contributed by atoms with Crippen molar-refractivity contribution in [3.63, 3.8) is 0 Å². The molecule has 1 saturated heterocycles. The minimum Gasteiger partial charge on any atom is -0.355 e. The second-order valence-electron chi connectivity index (χ2n) is 6.30. The van der Waals surface area contributed by atoms with E-state index < -0.39 is 0 Å². The van der Waals surface area contributed by atoms with Gasteiger partial charge in [-0.1, -0.05) is 30.1 Å². The molecule has 0 bridgehead atoms. The summed E-state index contributed by atoms with van der Waals surface area (Å²) in [7, 11) is 0. The van der Waals surface area contributed by atoms with Gasteiger partial charge < -0.3 is 9.42 Å². The molecule has 4 nitrogen and oxygen atoms in total. The summed E-state index contributed by atoms with van der Waals surface area (Å²) in [6.45, 7) is 0.802. The third-order valence-corrected chi connectivity index (χ3v) is 6.37. The third kappa shape index (κ3) is 3.70. The fraction of sp³-hybridized carbons (Fsp3) is 0.368. The Balaban J connectivity index is 1.57. The summed E-state index contributed by atoms with van der Waals surface area (Å²) in [4.78, 5) is 17.1. The summed E-state index contributed by atoms with van der Waals surface area (Å²) in [6, 6.07) is 10.1. The average molecular weight is 373 g/mol. The van der Waals surface area contributed by atoms with Crippen LogP contribution in [0.15, 0.2) is 45.6 Å². The predicted octanol–water partition coefficient (Wildman–Crippen LogP) is 5.15. The van der Waals surface area contributed by atoms with Gasteiger partial charge in [-0.05, 0) is 35.7 Å². The Hall–Kier alpha value is -1.92. The lowest BCUT2D eigenvalue weighted by Crippen LogP contribution is -2.35. The van der Waals surface area contributed by atoms with Crippen molar-refractivity contribution in [2.24, 2.45) is 0 Å². The molecule has 0 spiro atoms. The molecule has 1 aliphatic heterocycles. The Bertz CT molecular complexity index is 808. The maximum Gasteiger partial charge on any atom is 0.228 e. The van der Waals surface area contributed by atoms with Crippen molar-refractivity contribution in [3.05, 3.63) is 51.7 Å². The van der Waals surface area contributed by atoms with Gasteiger partial charge in [0.15, 0.2) is 5.76 Å². The second-order valence-corrected chi connectivity index (χ2v) is 8.28. The van der Waals surface area contributed by atoms with Crippen molar-refractivity contribution < 1.29 is 9.32 Å². The van der Waals surface area contributed by atoms with E-state index >= 15 is 0 Å². The minimum absolute atomic E-state index is 0.0208. The van der Waals surface area contributed by atoms with Gasteiger partial charge in [-0.25, -0.2) is 0 Å². The Morgan fingerprint density at radius 1 is 1.20 bits per heavy atom. The maximum atomic E-state index is 12.9. The maximum absolute atomic E-state index is 12.9. The predicted molar refractivity (Wildman–Crippen MR) is 101 cm³/mol. The average Bonchev–Trinajstić information content (AvgIpc) is 3.35. The lowest BCUT2D eigenvalue weighted by molar-refractivity contribution is -0.133. The van der Waals surface area contributed by atoms with E-state index in [1.54, 1.807) is 22.7 Å². The molecular weight excluding hydrogens is 352 g/mol. The zero-order chi connectivity index (χ0) is 17.1. The van der Waals surface area contributed by atoms with Crippen LogP contribution in [0.5, 0.6) is 0 Å². The van der Waals surface area contributed by atoms with Gasteiger partial charge in [0.2, 0.25) is 5.91 Å². The molecule has 25 heavy (non-hydrogen) atoms. The SMILES string of the molecule is O=C(Cc1cccs1)N1CCCCCC1c1cc(-c2cccs2)on1. The number of rotatable bonds is 4. The number of carbonyl (C=O) groups excluding carboxylic acids is 1. The molecule has 1 unspecified atom stereocenters. The monoisotopic (exact) mass is 372 g/mol. The normalized spacial score (nSPS) is 18.2.